The van der Waals surface area contributed by atoms with Crippen molar-refractivity contribution in [3.8, 4) is 0 Å². The number of ether oxygens (including phenoxy) is 1. The van der Waals surface area contributed by atoms with Crippen LogP contribution in [0.5, 0.6) is 0 Å². The molecule has 0 bridgehead atoms. The van der Waals surface area contributed by atoms with Gasteiger partial charge >= 0.3 is 6.09 Å². The number of carbonyl (C=O) groups is 3. The standard InChI is InChI=1S/C13H14BrNO3.C8H6BrNO/c1-13(2,3)18-12(17)15-7-8-6-9(14)4-5-10(8)11(15)16;9-6-1-2-7-5(3-6)4-10-8(7)11/h4-6H,7H2,1-3H3;1-3H,4H2,(H,10,11). The normalized spacial score (nSPS) is 14.6. The van der Waals surface area contributed by atoms with E-state index in [-0.39, 0.29) is 18.4 Å². The van der Waals surface area contributed by atoms with Gasteiger partial charge < -0.3 is 10.1 Å². The third kappa shape index (κ3) is 5.05. The fourth-order valence-electron chi connectivity index (χ4n) is 2.95. The fraction of sp³-hybridized carbons (Fsp3) is 0.286. The van der Waals surface area contributed by atoms with Crippen LogP contribution in [-0.2, 0) is 17.8 Å². The highest BCUT2D eigenvalue weighted by Crippen LogP contribution is 2.27. The third-order valence-electron chi connectivity index (χ3n) is 4.24. The van der Waals surface area contributed by atoms with Crippen LogP contribution >= 0.6 is 31.9 Å². The van der Waals surface area contributed by atoms with E-state index < -0.39 is 11.7 Å². The maximum absolute atomic E-state index is 12.0. The van der Waals surface area contributed by atoms with Crippen molar-refractivity contribution in [3.05, 3.63) is 67.6 Å². The SMILES string of the molecule is CC(C)(C)OC(=O)N1Cc2cc(Br)ccc2C1=O.O=C1NCc2cc(Br)ccc21. The molecule has 0 spiro atoms. The Hall–Kier alpha value is -2.19. The summed E-state index contributed by atoms with van der Waals surface area (Å²) in [5, 5.41) is 2.75. The van der Waals surface area contributed by atoms with E-state index in [1.165, 1.54) is 0 Å². The van der Waals surface area contributed by atoms with Gasteiger partial charge in [0.15, 0.2) is 0 Å². The monoisotopic (exact) mass is 522 g/mol. The van der Waals surface area contributed by atoms with Crippen molar-refractivity contribution in [1.82, 2.24) is 10.2 Å². The minimum Gasteiger partial charge on any atom is -0.443 e. The molecule has 4 rings (SSSR count). The minimum absolute atomic E-state index is 0.0347. The Morgan fingerprint density at radius 3 is 2.21 bits per heavy atom. The van der Waals surface area contributed by atoms with Gasteiger partial charge in [-0.1, -0.05) is 31.9 Å². The molecule has 1 N–H and O–H groups in total. The molecule has 2 aromatic rings. The molecule has 2 aliphatic heterocycles. The summed E-state index contributed by atoms with van der Waals surface area (Å²) in [4.78, 5) is 36.1. The van der Waals surface area contributed by atoms with Gasteiger partial charge in [0.1, 0.15) is 5.60 Å². The highest BCUT2D eigenvalue weighted by atomic mass is 79.9. The van der Waals surface area contributed by atoms with Crippen LogP contribution in [0.2, 0.25) is 0 Å². The van der Waals surface area contributed by atoms with Gasteiger partial charge in [-0.15, -0.1) is 0 Å². The molecule has 0 fully saturated rings. The minimum atomic E-state index is -0.604. The molecule has 0 unspecified atom stereocenters. The molecule has 0 saturated heterocycles. The summed E-state index contributed by atoms with van der Waals surface area (Å²) >= 11 is 6.69. The first-order valence-electron chi connectivity index (χ1n) is 8.95. The Bertz CT molecular complexity index is 999. The molecule has 3 amide bonds. The van der Waals surface area contributed by atoms with Gasteiger partial charge in [0.25, 0.3) is 11.8 Å². The zero-order valence-electron chi connectivity index (χ0n) is 16.2. The van der Waals surface area contributed by atoms with E-state index in [4.69, 9.17) is 4.74 Å². The van der Waals surface area contributed by atoms with Gasteiger partial charge in [-0.05, 0) is 68.3 Å². The van der Waals surface area contributed by atoms with E-state index in [9.17, 15) is 14.4 Å². The van der Waals surface area contributed by atoms with Gasteiger partial charge in [0.05, 0.1) is 6.54 Å². The maximum Gasteiger partial charge on any atom is 0.417 e. The molecule has 29 heavy (non-hydrogen) atoms. The topological polar surface area (TPSA) is 75.7 Å². The molecule has 152 valence electrons. The number of hydrogen-bond donors (Lipinski definition) is 1. The number of nitrogens with zero attached hydrogens (tertiary/aromatic N) is 1. The summed E-state index contributed by atoms with van der Waals surface area (Å²) in [6.45, 7) is 6.25. The number of amides is 3. The number of fused-ring (bicyclic) bond motifs is 2. The smallest absolute Gasteiger partial charge is 0.417 e. The molecular formula is C21H20Br2N2O4. The van der Waals surface area contributed by atoms with Crippen LogP contribution in [0.1, 0.15) is 52.6 Å². The van der Waals surface area contributed by atoms with E-state index in [0.29, 0.717) is 12.1 Å². The van der Waals surface area contributed by atoms with Gasteiger partial charge in [-0.2, -0.15) is 0 Å². The molecular weight excluding hydrogens is 504 g/mol. The van der Waals surface area contributed by atoms with Gasteiger partial charge in [0, 0.05) is 26.6 Å². The molecule has 2 heterocycles. The lowest BCUT2D eigenvalue weighted by atomic mass is 10.1. The van der Waals surface area contributed by atoms with Gasteiger partial charge in [-0.3, -0.25) is 9.59 Å². The Balaban J connectivity index is 0.000000186. The quantitative estimate of drug-likeness (QED) is 0.525. The van der Waals surface area contributed by atoms with E-state index in [0.717, 1.165) is 30.5 Å². The van der Waals surface area contributed by atoms with Crippen LogP contribution in [0, 0.1) is 0 Å². The molecule has 8 heteroatoms. The second kappa shape index (κ2) is 8.28. The summed E-state index contributed by atoms with van der Waals surface area (Å²) in [6.07, 6.45) is -0.597. The van der Waals surface area contributed by atoms with Crippen molar-refractivity contribution in [2.45, 2.75) is 39.5 Å². The van der Waals surface area contributed by atoms with Crippen LogP contribution in [0.25, 0.3) is 0 Å². The number of hydrogen-bond acceptors (Lipinski definition) is 4. The van der Waals surface area contributed by atoms with Gasteiger partial charge in [0.2, 0.25) is 0 Å². The first-order chi connectivity index (χ1) is 13.5. The average Bonchev–Trinajstić information content (AvgIpc) is 3.14. The third-order valence-corrected chi connectivity index (χ3v) is 5.22. The number of halogens is 2. The second-order valence-electron chi connectivity index (χ2n) is 7.66. The van der Waals surface area contributed by atoms with Crippen LogP contribution in [0.3, 0.4) is 0 Å². The summed E-state index contributed by atoms with van der Waals surface area (Å²) in [5.41, 5.74) is 2.66. The zero-order valence-corrected chi connectivity index (χ0v) is 19.4. The van der Waals surface area contributed by atoms with Crippen molar-refractivity contribution in [3.63, 3.8) is 0 Å². The van der Waals surface area contributed by atoms with Crippen molar-refractivity contribution < 1.29 is 19.1 Å². The van der Waals surface area contributed by atoms with Crippen molar-refractivity contribution in [2.24, 2.45) is 0 Å². The fourth-order valence-corrected chi connectivity index (χ4v) is 3.77. The Morgan fingerprint density at radius 2 is 1.59 bits per heavy atom. The Labute approximate surface area is 185 Å². The molecule has 0 aromatic heterocycles. The van der Waals surface area contributed by atoms with Crippen molar-refractivity contribution >= 4 is 49.8 Å². The van der Waals surface area contributed by atoms with Crippen LogP contribution < -0.4 is 5.32 Å². The lowest BCUT2D eigenvalue weighted by Crippen LogP contribution is -2.36. The summed E-state index contributed by atoms with van der Waals surface area (Å²) < 4.78 is 7.12. The predicted molar refractivity (Wildman–Crippen MR) is 116 cm³/mol. The number of benzene rings is 2. The number of imide groups is 1. The van der Waals surface area contributed by atoms with E-state index >= 15 is 0 Å². The molecule has 2 aromatic carbocycles. The number of carbonyl (C=O) groups excluding carboxylic acids is 3. The summed E-state index contributed by atoms with van der Waals surface area (Å²) in [5.74, 6) is -0.265. The molecule has 2 aliphatic rings. The predicted octanol–water partition coefficient (Wildman–Crippen LogP) is 5.03. The first-order valence-corrected chi connectivity index (χ1v) is 10.5. The first kappa shape index (κ1) is 21.5. The maximum atomic E-state index is 12.0. The largest absolute Gasteiger partial charge is 0.443 e. The van der Waals surface area contributed by atoms with Crippen molar-refractivity contribution in [1.29, 1.82) is 0 Å². The summed E-state index contributed by atoms with van der Waals surface area (Å²) in [6, 6.07) is 11.0. The van der Waals surface area contributed by atoms with E-state index in [1.807, 2.05) is 24.3 Å². The second-order valence-corrected chi connectivity index (χ2v) is 9.49. The van der Waals surface area contributed by atoms with Crippen LogP contribution in [-0.4, -0.2) is 28.4 Å². The Morgan fingerprint density at radius 1 is 1.00 bits per heavy atom. The molecule has 0 aliphatic carbocycles. The molecule has 0 atom stereocenters. The summed E-state index contributed by atoms with van der Waals surface area (Å²) in [7, 11) is 0. The highest BCUT2D eigenvalue weighted by Gasteiger charge is 2.34. The zero-order chi connectivity index (χ0) is 21.3. The van der Waals surface area contributed by atoms with Gasteiger partial charge in [-0.25, -0.2) is 9.69 Å². The molecule has 0 radical (unpaired) electrons. The number of nitrogens with one attached hydrogen (secondary N) is 1. The van der Waals surface area contributed by atoms with Crippen LogP contribution in [0.4, 0.5) is 4.79 Å². The van der Waals surface area contributed by atoms with E-state index in [2.05, 4.69) is 37.2 Å². The highest BCUT2D eigenvalue weighted by molar-refractivity contribution is 9.10. The number of rotatable bonds is 0. The lowest BCUT2D eigenvalue weighted by molar-refractivity contribution is 0.0248. The molecule has 0 saturated carbocycles. The van der Waals surface area contributed by atoms with E-state index in [1.54, 1.807) is 32.9 Å². The lowest BCUT2D eigenvalue weighted by Gasteiger charge is -2.23. The average molecular weight is 524 g/mol. The van der Waals surface area contributed by atoms with Crippen LogP contribution in [0.15, 0.2) is 45.3 Å². The van der Waals surface area contributed by atoms with Crippen molar-refractivity contribution in [2.75, 3.05) is 0 Å². The Kier molecular flexibility index (Phi) is 6.14. The molecule has 6 nitrogen and oxygen atoms in total.